The molecule has 0 atom stereocenters. The van der Waals surface area contributed by atoms with Crippen molar-refractivity contribution < 1.29 is 4.79 Å². The Bertz CT molecular complexity index is 306. The van der Waals surface area contributed by atoms with Crippen LogP contribution < -0.4 is 10.2 Å². The summed E-state index contributed by atoms with van der Waals surface area (Å²) in [5, 5.41) is 2.72. The third kappa shape index (κ3) is 0.939. The van der Waals surface area contributed by atoms with E-state index in [1.165, 1.54) is 0 Å². The van der Waals surface area contributed by atoms with Crippen molar-refractivity contribution in [2.24, 2.45) is 7.05 Å². The molecule has 0 spiro atoms. The SMILES string of the molecule is Cn1ccnc1N1CCNC1=O. The van der Waals surface area contributed by atoms with Gasteiger partial charge in [0, 0.05) is 32.5 Å². The lowest BCUT2D eigenvalue weighted by Gasteiger charge is -2.12. The summed E-state index contributed by atoms with van der Waals surface area (Å²) in [7, 11) is 1.87. The normalized spacial score (nSPS) is 16.8. The number of nitrogens with one attached hydrogen (secondary N) is 1. The van der Waals surface area contributed by atoms with Crippen molar-refractivity contribution in [2.45, 2.75) is 0 Å². The molecule has 2 rings (SSSR count). The molecule has 12 heavy (non-hydrogen) atoms. The molecule has 5 nitrogen and oxygen atoms in total. The number of hydrogen-bond acceptors (Lipinski definition) is 2. The number of carbonyl (C=O) groups excluding carboxylic acids is 1. The van der Waals surface area contributed by atoms with Crippen LogP contribution in [0.4, 0.5) is 10.7 Å². The van der Waals surface area contributed by atoms with Crippen LogP contribution in [-0.2, 0) is 7.05 Å². The average Bonchev–Trinajstić information content (AvgIpc) is 2.59. The second-order valence-electron chi connectivity index (χ2n) is 2.72. The lowest BCUT2D eigenvalue weighted by Crippen LogP contribution is -2.29. The highest BCUT2D eigenvalue weighted by Gasteiger charge is 2.23. The third-order valence-electron chi connectivity index (χ3n) is 1.89. The molecule has 1 aliphatic rings. The minimum atomic E-state index is -0.0655. The predicted octanol–water partition coefficient (Wildman–Crippen LogP) is -0.0503. The second kappa shape index (κ2) is 2.51. The van der Waals surface area contributed by atoms with Gasteiger partial charge in [0.2, 0.25) is 5.95 Å². The van der Waals surface area contributed by atoms with Crippen LogP contribution >= 0.6 is 0 Å². The highest BCUT2D eigenvalue weighted by Crippen LogP contribution is 2.11. The monoisotopic (exact) mass is 166 g/mol. The fraction of sp³-hybridized carbons (Fsp3) is 0.429. The summed E-state index contributed by atoms with van der Waals surface area (Å²) < 4.78 is 1.82. The van der Waals surface area contributed by atoms with Gasteiger partial charge in [0.05, 0.1) is 0 Å². The molecule has 1 saturated heterocycles. The Morgan fingerprint density at radius 1 is 1.67 bits per heavy atom. The summed E-state index contributed by atoms with van der Waals surface area (Å²) >= 11 is 0. The summed E-state index contributed by atoms with van der Waals surface area (Å²) in [6.45, 7) is 1.40. The Hall–Kier alpha value is -1.52. The van der Waals surface area contributed by atoms with E-state index < -0.39 is 0 Å². The molecular formula is C7H10N4O. The number of aromatic nitrogens is 2. The van der Waals surface area contributed by atoms with E-state index in [-0.39, 0.29) is 6.03 Å². The molecule has 1 fully saturated rings. The van der Waals surface area contributed by atoms with Gasteiger partial charge >= 0.3 is 6.03 Å². The molecule has 1 aromatic rings. The van der Waals surface area contributed by atoms with E-state index in [9.17, 15) is 4.79 Å². The van der Waals surface area contributed by atoms with Crippen LogP contribution in [-0.4, -0.2) is 28.7 Å². The topological polar surface area (TPSA) is 50.2 Å². The van der Waals surface area contributed by atoms with E-state index in [0.717, 1.165) is 0 Å². The van der Waals surface area contributed by atoms with Crippen LogP contribution in [0.5, 0.6) is 0 Å². The maximum absolute atomic E-state index is 11.2. The van der Waals surface area contributed by atoms with Gasteiger partial charge in [0.25, 0.3) is 0 Å². The molecule has 0 aliphatic carbocycles. The quantitative estimate of drug-likeness (QED) is 0.636. The van der Waals surface area contributed by atoms with Gasteiger partial charge in [-0.2, -0.15) is 0 Å². The Balaban J connectivity index is 2.30. The maximum Gasteiger partial charge on any atom is 0.324 e. The molecule has 2 heterocycles. The van der Waals surface area contributed by atoms with Crippen LogP contribution in [0.15, 0.2) is 12.4 Å². The molecule has 2 amide bonds. The molecule has 64 valence electrons. The first-order valence-corrected chi connectivity index (χ1v) is 3.82. The van der Waals surface area contributed by atoms with Crippen molar-refractivity contribution in [1.29, 1.82) is 0 Å². The number of anilines is 1. The molecular weight excluding hydrogens is 156 g/mol. The molecule has 1 aromatic heterocycles. The van der Waals surface area contributed by atoms with Crippen molar-refractivity contribution in [3.63, 3.8) is 0 Å². The van der Waals surface area contributed by atoms with Crippen molar-refractivity contribution in [2.75, 3.05) is 18.0 Å². The zero-order chi connectivity index (χ0) is 8.55. The number of rotatable bonds is 1. The van der Waals surface area contributed by atoms with E-state index in [2.05, 4.69) is 10.3 Å². The van der Waals surface area contributed by atoms with Crippen molar-refractivity contribution >= 4 is 12.0 Å². The minimum Gasteiger partial charge on any atom is -0.336 e. The molecule has 0 radical (unpaired) electrons. The fourth-order valence-corrected chi connectivity index (χ4v) is 1.28. The van der Waals surface area contributed by atoms with E-state index >= 15 is 0 Å². The summed E-state index contributed by atoms with van der Waals surface area (Å²) in [6, 6.07) is -0.0655. The summed E-state index contributed by atoms with van der Waals surface area (Å²) in [5.74, 6) is 0.699. The predicted molar refractivity (Wildman–Crippen MR) is 44.0 cm³/mol. The first-order chi connectivity index (χ1) is 5.79. The Kier molecular flexibility index (Phi) is 1.49. The Morgan fingerprint density at radius 3 is 3.00 bits per heavy atom. The van der Waals surface area contributed by atoms with E-state index in [4.69, 9.17) is 0 Å². The van der Waals surface area contributed by atoms with Gasteiger partial charge in [0.1, 0.15) is 0 Å². The lowest BCUT2D eigenvalue weighted by molar-refractivity contribution is 0.251. The first-order valence-electron chi connectivity index (χ1n) is 3.82. The van der Waals surface area contributed by atoms with Crippen molar-refractivity contribution in [3.8, 4) is 0 Å². The van der Waals surface area contributed by atoms with Gasteiger partial charge in [-0.3, -0.25) is 4.90 Å². The van der Waals surface area contributed by atoms with E-state index in [0.29, 0.717) is 19.0 Å². The number of nitrogens with zero attached hydrogens (tertiary/aromatic N) is 3. The molecule has 0 aromatic carbocycles. The number of aryl methyl sites for hydroxylation is 1. The molecule has 0 unspecified atom stereocenters. The Morgan fingerprint density at radius 2 is 2.50 bits per heavy atom. The van der Waals surface area contributed by atoms with Crippen molar-refractivity contribution in [1.82, 2.24) is 14.9 Å². The highest BCUT2D eigenvalue weighted by atomic mass is 16.2. The minimum absolute atomic E-state index is 0.0655. The van der Waals surface area contributed by atoms with Crippen LogP contribution in [0.2, 0.25) is 0 Å². The summed E-state index contributed by atoms with van der Waals surface area (Å²) in [4.78, 5) is 16.9. The van der Waals surface area contributed by atoms with Gasteiger partial charge in [-0.25, -0.2) is 9.78 Å². The molecule has 5 heteroatoms. The van der Waals surface area contributed by atoms with Gasteiger partial charge in [-0.05, 0) is 0 Å². The van der Waals surface area contributed by atoms with Gasteiger partial charge in [-0.15, -0.1) is 0 Å². The standard InChI is InChI=1S/C7H10N4O/c1-10-4-2-8-6(10)11-5-3-9-7(11)12/h2,4H,3,5H2,1H3,(H,9,12). The Labute approximate surface area is 70.0 Å². The smallest absolute Gasteiger partial charge is 0.324 e. The molecule has 1 N–H and O–H groups in total. The number of carbonyl (C=O) groups is 1. The van der Waals surface area contributed by atoms with Gasteiger partial charge < -0.3 is 9.88 Å². The number of urea groups is 1. The molecule has 0 bridgehead atoms. The third-order valence-corrected chi connectivity index (χ3v) is 1.89. The number of hydrogen-bond donors (Lipinski definition) is 1. The zero-order valence-corrected chi connectivity index (χ0v) is 6.82. The average molecular weight is 166 g/mol. The molecule has 1 aliphatic heterocycles. The largest absolute Gasteiger partial charge is 0.336 e. The van der Waals surface area contributed by atoms with E-state index in [1.807, 2.05) is 17.8 Å². The first kappa shape index (κ1) is 7.15. The second-order valence-corrected chi connectivity index (χ2v) is 2.72. The maximum atomic E-state index is 11.2. The fourth-order valence-electron chi connectivity index (χ4n) is 1.28. The summed E-state index contributed by atoms with van der Waals surface area (Å²) in [6.07, 6.45) is 3.50. The molecule has 0 saturated carbocycles. The van der Waals surface area contributed by atoms with Crippen LogP contribution in [0.3, 0.4) is 0 Å². The zero-order valence-electron chi connectivity index (χ0n) is 6.82. The van der Waals surface area contributed by atoms with Crippen LogP contribution in [0.25, 0.3) is 0 Å². The van der Waals surface area contributed by atoms with Gasteiger partial charge in [-0.1, -0.05) is 0 Å². The van der Waals surface area contributed by atoms with Crippen LogP contribution in [0, 0.1) is 0 Å². The van der Waals surface area contributed by atoms with Gasteiger partial charge in [0.15, 0.2) is 0 Å². The summed E-state index contributed by atoms with van der Waals surface area (Å²) in [5.41, 5.74) is 0. The lowest BCUT2D eigenvalue weighted by atomic mass is 10.6. The number of amides is 2. The van der Waals surface area contributed by atoms with Crippen LogP contribution in [0.1, 0.15) is 0 Å². The van der Waals surface area contributed by atoms with Crippen molar-refractivity contribution in [3.05, 3.63) is 12.4 Å². The highest BCUT2D eigenvalue weighted by molar-refractivity contribution is 5.92. The van der Waals surface area contributed by atoms with E-state index in [1.54, 1.807) is 11.1 Å². The number of imidazole rings is 1.